The van der Waals surface area contributed by atoms with Gasteiger partial charge in [-0.15, -0.1) is 11.8 Å². The quantitative estimate of drug-likeness (QED) is 0.338. The van der Waals surface area contributed by atoms with Crippen molar-refractivity contribution in [2.75, 3.05) is 27.1 Å². The van der Waals surface area contributed by atoms with Crippen LogP contribution >= 0.6 is 11.8 Å². The van der Waals surface area contributed by atoms with Gasteiger partial charge in [0.2, 0.25) is 12.0 Å². The van der Waals surface area contributed by atoms with Crippen LogP contribution in [0.2, 0.25) is 0 Å². The minimum Gasteiger partial charge on any atom is -0.492 e. The Hall–Kier alpha value is -2.38. The number of rotatable bonds is 6. The first-order chi connectivity index (χ1) is 17.2. The van der Waals surface area contributed by atoms with Gasteiger partial charge in [-0.25, -0.2) is 0 Å². The summed E-state index contributed by atoms with van der Waals surface area (Å²) in [6, 6.07) is 6.52. The molecule has 0 amide bonds. The van der Waals surface area contributed by atoms with E-state index in [9.17, 15) is 25.2 Å². The molecule has 0 aromatic heterocycles. The van der Waals surface area contributed by atoms with E-state index in [1.807, 2.05) is 12.3 Å². The number of nitrogens with two attached hydrogens (primary N) is 1. The largest absolute Gasteiger partial charge is 0.492 e. The molecule has 6 unspecified atom stereocenters. The third-order valence-corrected chi connectivity index (χ3v) is 7.42. The van der Waals surface area contributed by atoms with Crippen molar-refractivity contribution in [3.05, 3.63) is 45.6 Å². The van der Waals surface area contributed by atoms with Gasteiger partial charge >= 0.3 is 0 Å². The number of hydrogen-bond acceptors (Lipinski definition) is 11. The SMILES string of the molecule is COc1c(OC2OC(CO)C(O)C(O)C2O)cc2c(c1OC)-c1ccc(SC)c(=O)cc1C(N)CC2. The lowest BCUT2D eigenvalue weighted by atomic mass is 9.95. The van der Waals surface area contributed by atoms with E-state index in [1.165, 1.54) is 26.0 Å². The second-order valence-corrected chi connectivity index (χ2v) is 9.56. The van der Waals surface area contributed by atoms with Crippen LogP contribution in [0, 0.1) is 0 Å². The summed E-state index contributed by atoms with van der Waals surface area (Å²) in [6.45, 7) is -0.582. The van der Waals surface area contributed by atoms with Crippen molar-refractivity contribution in [1.82, 2.24) is 0 Å². The second kappa shape index (κ2) is 10.9. The van der Waals surface area contributed by atoms with Gasteiger partial charge in [0, 0.05) is 11.6 Å². The van der Waals surface area contributed by atoms with E-state index in [0.29, 0.717) is 34.6 Å². The fourth-order valence-electron chi connectivity index (χ4n) is 4.72. The van der Waals surface area contributed by atoms with Crippen LogP contribution in [0.3, 0.4) is 0 Å². The van der Waals surface area contributed by atoms with E-state index in [1.54, 1.807) is 18.2 Å². The molecule has 1 aliphatic carbocycles. The lowest BCUT2D eigenvalue weighted by Crippen LogP contribution is -2.60. The van der Waals surface area contributed by atoms with Crippen LogP contribution in [0.1, 0.15) is 23.6 Å². The Balaban J connectivity index is 1.87. The predicted octanol–water partition coefficient (Wildman–Crippen LogP) is 0.578. The van der Waals surface area contributed by atoms with E-state index in [-0.39, 0.29) is 16.9 Å². The summed E-state index contributed by atoms with van der Waals surface area (Å²) in [6.07, 6.45) is -4.30. The normalized spacial score (nSPS) is 27.4. The summed E-state index contributed by atoms with van der Waals surface area (Å²) >= 11 is 1.35. The maximum atomic E-state index is 12.7. The molecule has 4 rings (SSSR count). The molecule has 1 heterocycles. The van der Waals surface area contributed by atoms with Gasteiger partial charge < -0.3 is 45.1 Å². The molecule has 0 spiro atoms. The van der Waals surface area contributed by atoms with Crippen LogP contribution in [0.25, 0.3) is 11.1 Å². The van der Waals surface area contributed by atoms with Crippen LogP contribution in [-0.2, 0) is 11.2 Å². The second-order valence-electron chi connectivity index (χ2n) is 8.71. The molecule has 2 aromatic rings. The Morgan fingerprint density at radius 3 is 2.44 bits per heavy atom. The standard InChI is InChI=1S/C25H31NO9S/c1-32-23-16(34-25-22(31)21(30)20(29)17(10-27)35-25)8-11-4-6-14(26)13-9-15(28)18(36-3)7-5-12(13)19(11)24(23)33-2/h5,7-9,14,17,20-22,25,27,29-31H,4,6,10,26H2,1-3H3. The van der Waals surface area contributed by atoms with Crippen molar-refractivity contribution in [2.24, 2.45) is 5.73 Å². The Kier molecular flexibility index (Phi) is 8.10. The highest BCUT2D eigenvalue weighted by molar-refractivity contribution is 7.98. The molecule has 1 aliphatic heterocycles. The molecule has 0 saturated carbocycles. The van der Waals surface area contributed by atoms with Gasteiger partial charge in [0.15, 0.2) is 16.9 Å². The van der Waals surface area contributed by atoms with Gasteiger partial charge in [-0.1, -0.05) is 6.07 Å². The fourth-order valence-corrected chi connectivity index (χ4v) is 5.19. The maximum absolute atomic E-state index is 12.7. The number of fused-ring (bicyclic) bond motifs is 3. The number of aliphatic hydroxyl groups is 4. The highest BCUT2D eigenvalue weighted by atomic mass is 32.2. The van der Waals surface area contributed by atoms with E-state index in [2.05, 4.69) is 0 Å². The first-order valence-corrected chi connectivity index (χ1v) is 12.7. The Morgan fingerprint density at radius 2 is 1.81 bits per heavy atom. The molecular formula is C25H31NO9S. The summed E-state index contributed by atoms with van der Waals surface area (Å²) < 4.78 is 22.9. The van der Waals surface area contributed by atoms with Crippen LogP contribution < -0.4 is 25.4 Å². The topological polar surface area (TPSA) is 161 Å². The molecule has 6 atom stereocenters. The van der Waals surface area contributed by atoms with Crippen LogP contribution in [0.4, 0.5) is 0 Å². The summed E-state index contributed by atoms with van der Waals surface area (Å²) in [4.78, 5) is 13.3. The van der Waals surface area contributed by atoms with Crippen molar-refractivity contribution < 1.29 is 39.4 Å². The molecule has 1 fully saturated rings. The number of thioether (sulfide) groups is 1. The molecule has 2 aromatic carbocycles. The third-order valence-electron chi connectivity index (χ3n) is 6.64. The van der Waals surface area contributed by atoms with Crippen molar-refractivity contribution in [3.63, 3.8) is 0 Å². The maximum Gasteiger partial charge on any atom is 0.229 e. The molecule has 0 bridgehead atoms. The first kappa shape index (κ1) is 26.7. The van der Waals surface area contributed by atoms with Gasteiger partial charge in [-0.05, 0) is 54.0 Å². The number of methoxy groups -OCH3 is 2. The molecule has 2 aliphatic rings. The van der Waals surface area contributed by atoms with Gasteiger partial charge in [0.25, 0.3) is 0 Å². The minimum atomic E-state index is -1.59. The van der Waals surface area contributed by atoms with Crippen molar-refractivity contribution >= 4 is 11.8 Å². The summed E-state index contributed by atoms with van der Waals surface area (Å²) in [5.74, 6) is 0.715. The summed E-state index contributed by atoms with van der Waals surface area (Å²) in [5.41, 5.74) is 9.33. The van der Waals surface area contributed by atoms with E-state index >= 15 is 0 Å². The van der Waals surface area contributed by atoms with E-state index in [4.69, 9.17) is 24.7 Å². The summed E-state index contributed by atoms with van der Waals surface area (Å²) in [5, 5.41) is 40.2. The molecule has 196 valence electrons. The molecule has 10 nitrogen and oxygen atoms in total. The number of aryl methyl sites for hydroxylation is 1. The lowest BCUT2D eigenvalue weighted by molar-refractivity contribution is -0.277. The molecule has 11 heteroatoms. The zero-order valence-corrected chi connectivity index (χ0v) is 21.0. The molecule has 36 heavy (non-hydrogen) atoms. The van der Waals surface area contributed by atoms with Gasteiger partial charge in [-0.2, -0.15) is 0 Å². The Morgan fingerprint density at radius 1 is 1.08 bits per heavy atom. The van der Waals surface area contributed by atoms with Crippen molar-refractivity contribution in [2.45, 2.75) is 54.5 Å². The van der Waals surface area contributed by atoms with Crippen LogP contribution in [0.5, 0.6) is 17.2 Å². The van der Waals surface area contributed by atoms with E-state index < -0.39 is 43.4 Å². The Labute approximate surface area is 212 Å². The fraction of sp³-hybridized carbons (Fsp3) is 0.480. The molecular weight excluding hydrogens is 490 g/mol. The third kappa shape index (κ3) is 4.68. The Bertz CT molecular complexity index is 1180. The molecule has 1 saturated heterocycles. The van der Waals surface area contributed by atoms with Gasteiger partial charge in [0.05, 0.1) is 25.7 Å². The van der Waals surface area contributed by atoms with E-state index in [0.717, 1.165) is 11.1 Å². The zero-order chi connectivity index (χ0) is 26.1. The smallest absolute Gasteiger partial charge is 0.229 e. The first-order valence-electron chi connectivity index (χ1n) is 11.5. The monoisotopic (exact) mass is 521 g/mol. The summed E-state index contributed by atoms with van der Waals surface area (Å²) in [7, 11) is 2.91. The number of ether oxygens (including phenoxy) is 4. The molecule has 0 radical (unpaired) electrons. The van der Waals surface area contributed by atoms with Gasteiger partial charge in [0.1, 0.15) is 24.4 Å². The number of benzene rings is 1. The molecule has 6 N–H and O–H groups in total. The predicted molar refractivity (Wildman–Crippen MR) is 133 cm³/mol. The van der Waals surface area contributed by atoms with Crippen LogP contribution in [0.15, 0.2) is 34.0 Å². The average molecular weight is 522 g/mol. The van der Waals surface area contributed by atoms with Crippen molar-refractivity contribution in [3.8, 4) is 28.4 Å². The lowest BCUT2D eigenvalue weighted by Gasteiger charge is -2.39. The average Bonchev–Trinajstić information content (AvgIpc) is 3.12. The highest BCUT2D eigenvalue weighted by Crippen LogP contribution is 2.50. The highest BCUT2D eigenvalue weighted by Gasteiger charge is 2.45. The number of hydrogen-bond donors (Lipinski definition) is 5. The number of aliphatic hydroxyl groups excluding tert-OH is 4. The van der Waals surface area contributed by atoms with Crippen molar-refractivity contribution in [1.29, 1.82) is 0 Å². The van der Waals surface area contributed by atoms with Gasteiger partial charge in [-0.3, -0.25) is 4.79 Å². The van der Waals surface area contributed by atoms with Crippen LogP contribution in [-0.4, -0.2) is 78.2 Å². The minimum absolute atomic E-state index is 0.115. The zero-order valence-electron chi connectivity index (χ0n) is 20.2.